The minimum Gasteiger partial charge on any atom is -0.481 e. The van der Waals surface area contributed by atoms with Crippen LogP contribution in [0.25, 0.3) is 43.4 Å². The Kier molecular flexibility index (Phi) is 21.3. The first kappa shape index (κ1) is 65.8. The number of unbranched alkanes of at least 4 members (excludes halogenated alkanes) is 2. The molecule has 25 nitrogen and oxygen atoms in total. The molecular weight excluding hydrogens is 1290 g/mol. The lowest BCUT2D eigenvalue weighted by Gasteiger charge is -2.24. The van der Waals surface area contributed by atoms with Crippen molar-refractivity contribution in [2.45, 2.75) is 103 Å². The number of carboxylic acids is 2. The number of methoxy groups -OCH3 is 1. The van der Waals surface area contributed by atoms with E-state index in [1.54, 1.807) is 75.8 Å². The lowest BCUT2D eigenvalue weighted by atomic mass is 10.0. The number of rotatable bonds is 17. The van der Waals surface area contributed by atoms with Gasteiger partial charge < -0.3 is 46.6 Å². The highest BCUT2D eigenvalue weighted by Gasteiger charge is 2.38. The molecule has 10 rings (SSSR count). The highest BCUT2D eigenvalue weighted by molar-refractivity contribution is 7.15. The van der Waals surface area contributed by atoms with Crippen LogP contribution >= 0.6 is 68.0 Å². The standard InChI is InChI=1S/C60H63N13O12S6/c1-28(2)44-58-72-47(39(91-58)23-85-5)51(80)62-22-42(75)69-48(49(78)30-12-8-6-9-13-30)57-67-38(26-88-57)55-65-36(24-87-55)46-33(53-66-37(25-86-53)50(79)64-35(21-41(74)61-4)56-71-45(29(3)90-56)52(81)70-44)17-18-34(63-46)54-68-40(27-89-54)73(19-11-7-10-14-43(76)77)59(82)31-15-16-32(20-31)60(83)84/h6,8-9,12-13,17-18,24-28,31-32,35,44,48-49,78H,7,10-11,14-16,19-23H2,1-5H3,(H,61,74)(H,62,80)(H,64,79)(H,69,75)(H,70,81)(H,76,77)(H,83,84)/t31-,32-,35+,44?,48+,49+/m1/s1. The normalized spacial score (nSPS) is 18.4. The van der Waals surface area contributed by atoms with Crippen LogP contribution in [0, 0.1) is 24.7 Å². The topological polar surface area (TPSA) is 360 Å². The predicted octanol–water partition coefficient (Wildman–Crippen LogP) is 8.79. The number of benzene rings is 1. The van der Waals surface area contributed by atoms with Gasteiger partial charge in [0.1, 0.15) is 82.2 Å². The SMILES string of the molecule is CNC(=O)C[C@@H]1NC(=O)c2csc(n2)-c2ccc(-c3nc(N(CCCCCC(=O)O)C(=O)[C@@H]4CC[C@@H](C(=O)O)C4)cs3)nc2-c2csc(n2)-c2csc(n2)[C@H]([C@@H](O)c2ccccc2)NC(=O)CNC(=O)c2nc(sc2COC)C(C(C)C)NC(=O)c2nc1sc2C. The van der Waals surface area contributed by atoms with Crippen molar-refractivity contribution in [2.24, 2.45) is 17.8 Å². The Hall–Kier alpha value is -8.17. The highest BCUT2D eigenvalue weighted by Crippen LogP contribution is 2.41. The van der Waals surface area contributed by atoms with Gasteiger partial charge in [0.05, 0.1) is 48.1 Å². The first-order valence-electron chi connectivity index (χ1n) is 29.0. The molecule has 476 valence electrons. The molecule has 1 saturated carbocycles. The van der Waals surface area contributed by atoms with E-state index in [4.69, 9.17) is 39.6 Å². The number of carbonyl (C=O) groups excluding carboxylic acids is 6. The Morgan fingerprint density at radius 1 is 0.692 bits per heavy atom. The monoisotopic (exact) mass is 1350 g/mol. The number of pyridine rings is 1. The molecule has 0 spiro atoms. The van der Waals surface area contributed by atoms with E-state index >= 15 is 0 Å². The van der Waals surface area contributed by atoms with Gasteiger partial charge in [-0.1, -0.05) is 50.6 Å². The minimum absolute atomic E-state index is 0.00113. The number of thiazole rings is 6. The quantitative estimate of drug-likeness (QED) is 0.0395. The summed E-state index contributed by atoms with van der Waals surface area (Å²) in [4.78, 5) is 144. The Balaban J connectivity index is 1.04. The van der Waals surface area contributed by atoms with Gasteiger partial charge in [-0.2, -0.15) is 0 Å². The summed E-state index contributed by atoms with van der Waals surface area (Å²) in [5, 5.41) is 54.1. The number of aromatic nitrogens is 7. The van der Waals surface area contributed by atoms with Crippen LogP contribution in [-0.2, 0) is 35.3 Å². The van der Waals surface area contributed by atoms with Crippen molar-refractivity contribution in [1.29, 1.82) is 0 Å². The number of aliphatic carboxylic acids is 2. The average molecular weight is 1350 g/mol. The van der Waals surface area contributed by atoms with E-state index in [1.807, 2.05) is 13.8 Å². The van der Waals surface area contributed by atoms with Crippen LogP contribution in [0.1, 0.15) is 151 Å². The molecule has 8 heterocycles. The molecule has 1 unspecified atom stereocenters. The van der Waals surface area contributed by atoms with Crippen molar-refractivity contribution < 1.29 is 58.4 Å². The molecule has 0 radical (unpaired) electrons. The maximum Gasteiger partial charge on any atom is 0.306 e. The number of fused-ring (bicyclic) bond motifs is 14. The van der Waals surface area contributed by atoms with E-state index in [9.17, 15) is 53.7 Å². The molecule has 91 heavy (non-hydrogen) atoms. The summed E-state index contributed by atoms with van der Waals surface area (Å²) in [6.45, 7) is 5.13. The number of carboxylic acid groups (broad SMARTS) is 2. The highest BCUT2D eigenvalue weighted by atomic mass is 32.1. The van der Waals surface area contributed by atoms with Gasteiger partial charge in [-0.25, -0.2) is 34.9 Å². The molecule has 8 aromatic rings. The van der Waals surface area contributed by atoms with Crippen LogP contribution in [-0.4, -0.2) is 125 Å². The molecule has 31 heteroatoms. The third-order valence-electron chi connectivity index (χ3n) is 15.2. The summed E-state index contributed by atoms with van der Waals surface area (Å²) in [6.07, 6.45) is 0.800. The average Bonchev–Trinajstić information content (AvgIpc) is 1.79. The predicted molar refractivity (Wildman–Crippen MR) is 344 cm³/mol. The van der Waals surface area contributed by atoms with Crippen LogP contribution < -0.4 is 31.5 Å². The number of nitrogens with zero attached hydrogens (tertiary/aromatic N) is 8. The fourth-order valence-electron chi connectivity index (χ4n) is 10.4. The third kappa shape index (κ3) is 15.4. The molecular formula is C60H63N13O12S6. The fraction of sp³-hybridized carbons (Fsp3) is 0.383. The molecule has 1 aliphatic heterocycles. The second kappa shape index (κ2) is 29.4. The lowest BCUT2D eigenvalue weighted by Crippen LogP contribution is -2.40. The number of anilines is 1. The van der Waals surface area contributed by atoms with E-state index in [1.165, 1.54) is 48.2 Å². The minimum atomic E-state index is -1.30. The molecule has 10 bridgehead atoms. The fourth-order valence-corrected chi connectivity index (χ4v) is 16.0. The number of nitrogens with one attached hydrogen (secondary N) is 5. The summed E-state index contributed by atoms with van der Waals surface area (Å²) in [5.41, 5.74) is 2.46. The van der Waals surface area contributed by atoms with Crippen LogP contribution in [0.5, 0.6) is 0 Å². The largest absolute Gasteiger partial charge is 0.481 e. The number of carbonyl (C=O) groups is 8. The van der Waals surface area contributed by atoms with Gasteiger partial charge in [0.2, 0.25) is 17.7 Å². The second-order valence-corrected chi connectivity index (χ2v) is 27.7. The first-order valence-corrected chi connectivity index (χ1v) is 34.1. The maximum atomic E-state index is 14.4. The first-order chi connectivity index (χ1) is 43.8. The molecule has 7 aromatic heterocycles. The Bertz CT molecular complexity index is 4010. The molecule has 1 fully saturated rings. The van der Waals surface area contributed by atoms with E-state index < -0.39 is 84.1 Å². The van der Waals surface area contributed by atoms with E-state index in [0.717, 1.165) is 34.0 Å². The van der Waals surface area contributed by atoms with E-state index in [-0.39, 0.29) is 66.3 Å². The number of amides is 6. The summed E-state index contributed by atoms with van der Waals surface area (Å²) < 4.78 is 5.46. The van der Waals surface area contributed by atoms with Gasteiger partial charge in [0, 0.05) is 65.0 Å². The number of aliphatic hydroxyl groups is 1. The third-order valence-corrected chi connectivity index (χ3v) is 20.9. The van der Waals surface area contributed by atoms with Crippen molar-refractivity contribution in [3.8, 4) is 43.4 Å². The summed E-state index contributed by atoms with van der Waals surface area (Å²) in [5.74, 6) is -6.24. The maximum absolute atomic E-state index is 14.4. The van der Waals surface area contributed by atoms with Crippen LogP contribution in [0.4, 0.5) is 5.82 Å². The smallest absolute Gasteiger partial charge is 0.306 e. The number of ether oxygens (including phenoxy) is 1. The number of hydrogen-bond acceptors (Lipinski definition) is 23. The van der Waals surface area contributed by atoms with Gasteiger partial charge in [-0.3, -0.25) is 43.3 Å². The van der Waals surface area contributed by atoms with E-state index in [0.29, 0.717) is 107 Å². The Labute approximate surface area is 545 Å². The Morgan fingerprint density at radius 2 is 1.41 bits per heavy atom. The number of aryl methyl sites for hydroxylation is 1. The molecule has 8 N–H and O–H groups in total. The van der Waals surface area contributed by atoms with Gasteiger partial charge in [-0.15, -0.1) is 68.0 Å². The van der Waals surface area contributed by atoms with E-state index in [2.05, 4.69) is 26.6 Å². The molecule has 0 saturated heterocycles. The molecule has 1 aliphatic carbocycles. The molecule has 6 atom stereocenters. The molecule has 2 aliphatic rings. The van der Waals surface area contributed by atoms with Crippen molar-refractivity contribution in [2.75, 3.05) is 32.1 Å². The van der Waals surface area contributed by atoms with Crippen molar-refractivity contribution in [1.82, 2.24) is 61.5 Å². The zero-order valence-electron chi connectivity index (χ0n) is 49.7. The summed E-state index contributed by atoms with van der Waals surface area (Å²) in [7, 11) is 2.92. The van der Waals surface area contributed by atoms with Crippen LogP contribution in [0.15, 0.2) is 64.0 Å². The molecule has 6 amide bonds. The van der Waals surface area contributed by atoms with Crippen molar-refractivity contribution in [3.63, 3.8) is 0 Å². The van der Waals surface area contributed by atoms with Crippen molar-refractivity contribution in [3.05, 3.63) is 111 Å². The van der Waals surface area contributed by atoms with Gasteiger partial charge in [0.15, 0.2) is 0 Å². The van der Waals surface area contributed by atoms with Crippen molar-refractivity contribution >= 4 is 121 Å². The second-order valence-electron chi connectivity index (χ2n) is 21.9. The van der Waals surface area contributed by atoms with Gasteiger partial charge in [0.25, 0.3) is 17.7 Å². The van der Waals surface area contributed by atoms with Gasteiger partial charge in [-0.05, 0) is 62.6 Å². The molecule has 1 aromatic carbocycles. The zero-order valence-corrected chi connectivity index (χ0v) is 54.6. The summed E-state index contributed by atoms with van der Waals surface area (Å²) in [6, 6.07) is 9.35. The number of aliphatic hydroxyl groups excluding tert-OH is 1. The Morgan fingerprint density at radius 3 is 2.14 bits per heavy atom. The summed E-state index contributed by atoms with van der Waals surface area (Å²) >= 11 is 7.08. The zero-order chi connectivity index (χ0) is 64.6. The lowest BCUT2D eigenvalue weighted by molar-refractivity contribution is -0.141. The van der Waals surface area contributed by atoms with Crippen LogP contribution in [0.2, 0.25) is 0 Å². The van der Waals surface area contributed by atoms with Gasteiger partial charge >= 0.3 is 11.9 Å². The number of hydrogen-bond donors (Lipinski definition) is 8. The van der Waals surface area contributed by atoms with Crippen LogP contribution in [0.3, 0.4) is 0 Å².